The SMILES string of the molecule is CC(CN1CCCC1=O)NC(C)C(C)(C)O. The zero-order chi connectivity index (χ0) is 12.3. The lowest BCUT2D eigenvalue weighted by Crippen LogP contribution is -2.51. The summed E-state index contributed by atoms with van der Waals surface area (Å²) in [6.07, 6.45) is 1.67. The largest absolute Gasteiger partial charge is 0.389 e. The number of amides is 1. The van der Waals surface area contributed by atoms with E-state index < -0.39 is 5.60 Å². The summed E-state index contributed by atoms with van der Waals surface area (Å²) in [5, 5.41) is 13.1. The van der Waals surface area contributed by atoms with Crippen molar-refractivity contribution >= 4 is 5.91 Å². The number of carbonyl (C=O) groups excluding carboxylic acids is 1. The van der Waals surface area contributed by atoms with E-state index in [-0.39, 0.29) is 18.0 Å². The van der Waals surface area contributed by atoms with Crippen LogP contribution >= 0.6 is 0 Å². The first-order valence-corrected chi connectivity index (χ1v) is 6.07. The number of carbonyl (C=O) groups is 1. The Balaban J connectivity index is 2.35. The molecule has 0 saturated carbocycles. The van der Waals surface area contributed by atoms with Crippen LogP contribution in [0.4, 0.5) is 0 Å². The third-order valence-electron chi connectivity index (χ3n) is 3.26. The van der Waals surface area contributed by atoms with E-state index in [1.54, 1.807) is 13.8 Å². The van der Waals surface area contributed by atoms with Crippen LogP contribution in [0.1, 0.15) is 40.5 Å². The van der Waals surface area contributed by atoms with Gasteiger partial charge in [0.15, 0.2) is 0 Å². The van der Waals surface area contributed by atoms with Crippen LogP contribution in [-0.4, -0.2) is 46.7 Å². The molecule has 16 heavy (non-hydrogen) atoms. The van der Waals surface area contributed by atoms with Crippen LogP contribution in [0.2, 0.25) is 0 Å². The molecule has 0 aliphatic carbocycles. The van der Waals surface area contributed by atoms with Gasteiger partial charge in [0.05, 0.1) is 5.60 Å². The van der Waals surface area contributed by atoms with E-state index in [1.807, 2.05) is 18.7 Å². The average Bonchev–Trinajstić information content (AvgIpc) is 2.50. The molecular weight excluding hydrogens is 204 g/mol. The van der Waals surface area contributed by atoms with Gasteiger partial charge in [-0.15, -0.1) is 0 Å². The number of hydrogen-bond donors (Lipinski definition) is 2. The first-order chi connectivity index (χ1) is 7.30. The van der Waals surface area contributed by atoms with Crippen LogP contribution in [-0.2, 0) is 4.79 Å². The minimum absolute atomic E-state index is 0.0141. The fourth-order valence-corrected chi connectivity index (χ4v) is 1.91. The Morgan fingerprint density at radius 3 is 2.56 bits per heavy atom. The van der Waals surface area contributed by atoms with Crippen LogP contribution in [0.25, 0.3) is 0 Å². The molecule has 4 heteroatoms. The highest BCUT2D eigenvalue weighted by Crippen LogP contribution is 2.12. The summed E-state index contributed by atoms with van der Waals surface area (Å²) >= 11 is 0. The predicted octanol–water partition coefficient (Wildman–Crippen LogP) is 0.746. The maximum atomic E-state index is 11.4. The lowest BCUT2D eigenvalue weighted by molar-refractivity contribution is -0.128. The summed E-state index contributed by atoms with van der Waals surface area (Å²) in [4.78, 5) is 13.3. The van der Waals surface area contributed by atoms with Crippen LogP contribution in [0, 0.1) is 0 Å². The van der Waals surface area contributed by atoms with Crippen molar-refractivity contribution in [2.45, 2.75) is 58.2 Å². The van der Waals surface area contributed by atoms with Crippen molar-refractivity contribution in [3.63, 3.8) is 0 Å². The third-order valence-corrected chi connectivity index (χ3v) is 3.26. The van der Waals surface area contributed by atoms with Crippen LogP contribution in [0.3, 0.4) is 0 Å². The van der Waals surface area contributed by atoms with E-state index >= 15 is 0 Å². The maximum absolute atomic E-state index is 11.4. The van der Waals surface area contributed by atoms with E-state index in [1.165, 1.54) is 0 Å². The second-order valence-corrected chi connectivity index (χ2v) is 5.39. The van der Waals surface area contributed by atoms with Crippen molar-refractivity contribution in [2.75, 3.05) is 13.1 Å². The summed E-state index contributed by atoms with van der Waals surface area (Å²) in [7, 11) is 0. The average molecular weight is 228 g/mol. The smallest absolute Gasteiger partial charge is 0.222 e. The molecule has 0 aromatic heterocycles. The zero-order valence-electron chi connectivity index (χ0n) is 10.8. The number of nitrogens with zero attached hydrogens (tertiary/aromatic N) is 1. The molecule has 2 N–H and O–H groups in total. The molecule has 0 aromatic carbocycles. The molecule has 1 aliphatic heterocycles. The topological polar surface area (TPSA) is 52.6 Å². The normalized spacial score (nSPS) is 21.3. The lowest BCUT2D eigenvalue weighted by atomic mass is 10.00. The number of nitrogens with one attached hydrogen (secondary N) is 1. The van der Waals surface area contributed by atoms with Crippen molar-refractivity contribution in [2.24, 2.45) is 0 Å². The van der Waals surface area contributed by atoms with E-state index in [0.717, 1.165) is 19.5 Å². The van der Waals surface area contributed by atoms with Crippen molar-refractivity contribution in [1.82, 2.24) is 10.2 Å². The highest BCUT2D eigenvalue weighted by Gasteiger charge is 2.26. The van der Waals surface area contributed by atoms with Crippen molar-refractivity contribution in [3.05, 3.63) is 0 Å². The van der Waals surface area contributed by atoms with Gasteiger partial charge in [0, 0.05) is 31.6 Å². The second-order valence-electron chi connectivity index (χ2n) is 5.39. The Bertz CT molecular complexity index is 248. The van der Waals surface area contributed by atoms with Gasteiger partial charge in [-0.3, -0.25) is 4.79 Å². The molecule has 1 amide bonds. The number of hydrogen-bond acceptors (Lipinski definition) is 3. The summed E-state index contributed by atoms with van der Waals surface area (Å²) in [5.41, 5.74) is -0.733. The first-order valence-electron chi connectivity index (χ1n) is 6.07. The van der Waals surface area contributed by atoms with Crippen molar-refractivity contribution < 1.29 is 9.90 Å². The van der Waals surface area contributed by atoms with Gasteiger partial charge in [0.1, 0.15) is 0 Å². The first kappa shape index (κ1) is 13.5. The lowest BCUT2D eigenvalue weighted by Gasteiger charge is -2.31. The van der Waals surface area contributed by atoms with Crippen LogP contribution < -0.4 is 5.32 Å². The predicted molar refractivity (Wildman–Crippen MR) is 64.2 cm³/mol. The zero-order valence-corrected chi connectivity index (χ0v) is 10.8. The fraction of sp³-hybridized carbons (Fsp3) is 0.917. The number of aliphatic hydroxyl groups is 1. The molecular formula is C12H24N2O2. The molecule has 4 nitrogen and oxygen atoms in total. The number of likely N-dealkylation sites (tertiary alicyclic amines) is 1. The minimum atomic E-state index is -0.733. The van der Waals surface area contributed by atoms with E-state index in [0.29, 0.717) is 6.42 Å². The molecule has 1 saturated heterocycles. The van der Waals surface area contributed by atoms with Crippen molar-refractivity contribution in [3.8, 4) is 0 Å². The standard InChI is InChI=1S/C12H24N2O2/c1-9(13-10(2)12(3,4)16)8-14-7-5-6-11(14)15/h9-10,13,16H,5-8H2,1-4H3. The summed E-state index contributed by atoms with van der Waals surface area (Å²) in [6, 6.07) is 0.226. The molecule has 0 bridgehead atoms. The Morgan fingerprint density at radius 2 is 2.12 bits per heavy atom. The number of rotatable bonds is 5. The molecule has 0 aromatic rings. The van der Waals surface area contributed by atoms with Gasteiger partial charge in [-0.2, -0.15) is 0 Å². The van der Waals surface area contributed by atoms with Gasteiger partial charge in [-0.1, -0.05) is 0 Å². The summed E-state index contributed by atoms with van der Waals surface area (Å²) < 4.78 is 0. The van der Waals surface area contributed by atoms with E-state index in [9.17, 15) is 9.90 Å². The molecule has 1 aliphatic rings. The third kappa shape index (κ3) is 3.76. The quantitative estimate of drug-likeness (QED) is 0.730. The Labute approximate surface area is 98.0 Å². The fourth-order valence-electron chi connectivity index (χ4n) is 1.91. The van der Waals surface area contributed by atoms with Gasteiger partial charge in [-0.25, -0.2) is 0 Å². The highest BCUT2D eigenvalue weighted by atomic mass is 16.3. The van der Waals surface area contributed by atoms with E-state index in [2.05, 4.69) is 5.32 Å². The van der Waals surface area contributed by atoms with Crippen molar-refractivity contribution in [1.29, 1.82) is 0 Å². The van der Waals surface area contributed by atoms with Gasteiger partial charge in [0.2, 0.25) is 5.91 Å². The molecule has 1 fully saturated rings. The monoisotopic (exact) mass is 228 g/mol. The van der Waals surface area contributed by atoms with Gasteiger partial charge < -0.3 is 15.3 Å². The van der Waals surface area contributed by atoms with Crippen LogP contribution in [0.15, 0.2) is 0 Å². The van der Waals surface area contributed by atoms with Gasteiger partial charge >= 0.3 is 0 Å². The summed E-state index contributed by atoms with van der Waals surface area (Å²) in [6.45, 7) is 9.20. The molecule has 1 heterocycles. The molecule has 0 radical (unpaired) electrons. The van der Waals surface area contributed by atoms with Gasteiger partial charge in [0.25, 0.3) is 0 Å². The van der Waals surface area contributed by atoms with Gasteiger partial charge in [-0.05, 0) is 34.1 Å². The van der Waals surface area contributed by atoms with E-state index in [4.69, 9.17) is 0 Å². The molecule has 94 valence electrons. The Kier molecular flexibility index (Phi) is 4.33. The maximum Gasteiger partial charge on any atom is 0.222 e. The Morgan fingerprint density at radius 1 is 1.50 bits per heavy atom. The molecule has 2 unspecified atom stereocenters. The minimum Gasteiger partial charge on any atom is -0.389 e. The second kappa shape index (κ2) is 5.15. The molecule has 0 spiro atoms. The Hall–Kier alpha value is -0.610. The van der Waals surface area contributed by atoms with Crippen LogP contribution in [0.5, 0.6) is 0 Å². The summed E-state index contributed by atoms with van der Waals surface area (Å²) in [5.74, 6) is 0.254. The molecule has 2 atom stereocenters. The molecule has 1 rings (SSSR count). The highest BCUT2D eigenvalue weighted by molar-refractivity contribution is 5.78.